The Balaban J connectivity index is 1.52. The zero-order valence-electron chi connectivity index (χ0n) is 18.3. The number of aliphatic imine (C=N–C) groups is 2. The van der Waals surface area contributed by atoms with Crippen LogP contribution in [0.3, 0.4) is 0 Å². The van der Waals surface area contributed by atoms with Gasteiger partial charge in [0.1, 0.15) is 5.82 Å². The summed E-state index contributed by atoms with van der Waals surface area (Å²) >= 11 is 1.33. The van der Waals surface area contributed by atoms with Crippen molar-refractivity contribution in [3.8, 4) is 0 Å². The van der Waals surface area contributed by atoms with Crippen LogP contribution in [0.5, 0.6) is 0 Å². The van der Waals surface area contributed by atoms with Gasteiger partial charge in [0, 0.05) is 17.2 Å². The van der Waals surface area contributed by atoms with Crippen molar-refractivity contribution in [1.29, 1.82) is 0 Å². The first-order valence-corrected chi connectivity index (χ1v) is 11.6. The van der Waals surface area contributed by atoms with Crippen molar-refractivity contribution in [2.45, 2.75) is 51.9 Å². The number of hydrogen-bond donors (Lipinski definition) is 1. The summed E-state index contributed by atoms with van der Waals surface area (Å²) in [5.41, 5.74) is 2.14. The molecule has 1 atom stereocenters. The number of nitrogens with zero attached hydrogens (tertiary/aromatic N) is 5. The molecule has 3 aromatic rings. The summed E-state index contributed by atoms with van der Waals surface area (Å²) in [5.74, 6) is -0.103. The highest BCUT2D eigenvalue weighted by Gasteiger charge is 2.33. The molecule has 1 aromatic carbocycles. The van der Waals surface area contributed by atoms with E-state index in [4.69, 9.17) is 0 Å². The van der Waals surface area contributed by atoms with Gasteiger partial charge in [-0.25, -0.2) is 9.98 Å². The second-order valence-electron chi connectivity index (χ2n) is 9.17. The number of aromatic nitrogens is 3. The highest BCUT2D eigenvalue weighted by Crippen LogP contribution is 2.29. The fraction of sp³-hybridized carbons (Fsp3) is 0.391. The van der Waals surface area contributed by atoms with E-state index in [2.05, 4.69) is 25.4 Å². The molecule has 1 N–H and O–H groups in total. The van der Waals surface area contributed by atoms with Crippen molar-refractivity contribution in [2.24, 2.45) is 15.9 Å². The van der Waals surface area contributed by atoms with Crippen LogP contribution >= 0.6 is 11.3 Å². The van der Waals surface area contributed by atoms with E-state index in [-0.39, 0.29) is 29.1 Å². The lowest BCUT2D eigenvalue weighted by atomic mass is 9.86. The normalized spacial score (nSPS) is 18.8. The van der Waals surface area contributed by atoms with Crippen LogP contribution in [0.4, 0.5) is 5.82 Å². The van der Waals surface area contributed by atoms with E-state index in [1.54, 1.807) is 0 Å². The number of amides is 2. The van der Waals surface area contributed by atoms with Gasteiger partial charge in [0.25, 0.3) is 17.8 Å². The first-order valence-electron chi connectivity index (χ1n) is 10.8. The molecule has 1 unspecified atom stereocenters. The molecule has 1 aliphatic carbocycles. The lowest BCUT2D eigenvalue weighted by molar-refractivity contribution is -0.120. The Bertz CT molecular complexity index is 1260. The molecule has 3 heterocycles. The summed E-state index contributed by atoms with van der Waals surface area (Å²) in [5, 5.41) is 7.93. The molecule has 0 bridgehead atoms. The maximum Gasteiger partial charge on any atom is 0.285 e. The zero-order valence-corrected chi connectivity index (χ0v) is 19.1. The molecule has 0 saturated heterocycles. The molecule has 0 spiro atoms. The Kier molecular flexibility index (Phi) is 5.00. The Morgan fingerprint density at radius 2 is 2.00 bits per heavy atom. The molecule has 2 aromatic heterocycles. The van der Waals surface area contributed by atoms with E-state index in [0.29, 0.717) is 10.8 Å². The van der Waals surface area contributed by atoms with Crippen molar-refractivity contribution in [3.63, 3.8) is 0 Å². The minimum absolute atomic E-state index is 0.180. The molecule has 5 rings (SSSR count). The SMILES string of the molecule is CC(C)(C)c1cc(NC(=O)c2nc3ccccc3s2)n(C2=NC(=O)C3CCCCC3=N2)n1. The van der Waals surface area contributed by atoms with E-state index in [9.17, 15) is 9.59 Å². The van der Waals surface area contributed by atoms with Gasteiger partial charge in [0.2, 0.25) is 0 Å². The minimum Gasteiger partial charge on any atom is -0.304 e. The average Bonchev–Trinajstić information content (AvgIpc) is 3.38. The number of fused-ring (bicyclic) bond motifs is 2. The van der Waals surface area contributed by atoms with E-state index in [0.717, 1.165) is 47.3 Å². The Morgan fingerprint density at radius 1 is 1.19 bits per heavy atom. The van der Waals surface area contributed by atoms with Crippen LogP contribution in [0.1, 0.15) is 62.0 Å². The molecule has 1 fully saturated rings. The van der Waals surface area contributed by atoms with Gasteiger partial charge in [0.15, 0.2) is 5.01 Å². The predicted molar refractivity (Wildman–Crippen MR) is 126 cm³/mol. The van der Waals surface area contributed by atoms with Crippen molar-refractivity contribution in [2.75, 3.05) is 5.32 Å². The molecule has 32 heavy (non-hydrogen) atoms. The van der Waals surface area contributed by atoms with Gasteiger partial charge in [-0.05, 0) is 31.4 Å². The second-order valence-corrected chi connectivity index (χ2v) is 10.2. The summed E-state index contributed by atoms with van der Waals surface area (Å²) in [7, 11) is 0. The highest BCUT2D eigenvalue weighted by atomic mass is 32.1. The van der Waals surface area contributed by atoms with Crippen molar-refractivity contribution in [1.82, 2.24) is 14.8 Å². The molecule has 0 radical (unpaired) electrons. The second kappa shape index (κ2) is 7.74. The highest BCUT2D eigenvalue weighted by molar-refractivity contribution is 7.20. The standard InChI is InChI=1S/C23H24N6O2S/c1-23(2,3)17-12-18(26-20(31)21-24-15-10-6-7-11-16(15)32-21)29(28-17)22-25-14-9-5-4-8-13(14)19(30)27-22/h6-7,10-13H,4-5,8-9H2,1-3H3,(H,26,31). The van der Waals surface area contributed by atoms with Crippen LogP contribution < -0.4 is 5.32 Å². The van der Waals surface area contributed by atoms with Crippen LogP contribution in [0.2, 0.25) is 0 Å². The summed E-state index contributed by atoms with van der Waals surface area (Å²) in [6, 6.07) is 9.44. The van der Waals surface area contributed by atoms with E-state index < -0.39 is 0 Å². The third kappa shape index (κ3) is 3.77. The van der Waals surface area contributed by atoms with Gasteiger partial charge >= 0.3 is 0 Å². The number of thiazole rings is 1. The summed E-state index contributed by atoms with van der Waals surface area (Å²) in [4.78, 5) is 39.0. The topological polar surface area (TPSA) is 102 Å². The Labute approximate surface area is 189 Å². The van der Waals surface area contributed by atoms with Crippen molar-refractivity contribution in [3.05, 3.63) is 41.0 Å². The summed E-state index contributed by atoms with van der Waals surface area (Å²) < 4.78 is 2.42. The quantitative estimate of drug-likeness (QED) is 0.627. The molecule has 9 heteroatoms. The van der Waals surface area contributed by atoms with Crippen LogP contribution in [-0.2, 0) is 10.2 Å². The molecule has 2 aliphatic rings. The summed E-state index contributed by atoms with van der Waals surface area (Å²) in [6.45, 7) is 6.11. The molecule has 1 aliphatic heterocycles. The monoisotopic (exact) mass is 448 g/mol. The number of carbonyl (C=O) groups is 2. The van der Waals surface area contributed by atoms with Gasteiger partial charge in [-0.2, -0.15) is 14.8 Å². The predicted octanol–water partition coefficient (Wildman–Crippen LogP) is 4.42. The van der Waals surface area contributed by atoms with Gasteiger partial charge in [-0.15, -0.1) is 11.3 Å². The van der Waals surface area contributed by atoms with Gasteiger partial charge in [-0.3, -0.25) is 9.59 Å². The first-order chi connectivity index (χ1) is 15.3. The van der Waals surface area contributed by atoms with E-state index in [1.807, 2.05) is 51.1 Å². The number of para-hydroxylation sites is 1. The molecular formula is C23H24N6O2S. The molecule has 8 nitrogen and oxygen atoms in total. The fourth-order valence-corrected chi connectivity index (χ4v) is 4.81. The zero-order chi connectivity index (χ0) is 22.5. The molecule has 2 amide bonds. The van der Waals surface area contributed by atoms with Crippen molar-refractivity contribution >= 4 is 50.9 Å². The van der Waals surface area contributed by atoms with E-state index in [1.165, 1.54) is 16.0 Å². The largest absolute Gasteiger partial charge is 0.304 e. The number of hydrogen-bond acceptors (Lipinski definition) is 6. The number of anilines is 1. The lowest BCUT2D eigenvalue weighted by Crippen LogP contribution is -2.34. The lowest BCUT2D eigenvalue weighted by Gasteiger charge is -2.24. The maximum absolute atomic E-state index is 13.0. The molecule has 1 saturated carbocycles. The molecular weight excluding hydrogens is 424 g/mol. The fourth-order valence-electron chi connectivity index (χ4n) is 3.95. The van der Waals surface area contributed by atoms with Crippen molar-refractivity contribution < 1.29 is 9.59 Å². The number of carbonyl (C=O) groups excluding carboxylic acids is 2. The first kappa shape index (κ1) is 20.7. The Morgan fingerprint density at radius 3 is 2.78 bits per heavy atom. The third-order valence-corrected chi connectivity index (χ3v) is 6.76. The summed E-state index contributed by atoms with van der Waals surface area (Å²) in [6.07, 6.45) is 3.61. The average molecular weight is 449 g/mol. The van der Waals surface area contributed by atoms with Crippen LogP contribution in [-0.4, -0.2) is 38.3 Å². The van der Waals surface area contributed by atoms with Crippen LogP contribution in [0.15, 0.2) is 40.3 Å². The van der Waals surface area contributed by atoms with Crippen LogP contribution in [0.25, 0.3) is 10.2 Å². The Hall–Kier alpha value is -3.20. The number of benzene rings is 1. The smallest absolute Gasteiger partial charge is 0.285 e. The number of nitrogens with one attached hydrogen (secondary N) is 1. The number of rotatable bonds is 2. The maximum atomic E-state index is 13.0. The van der Waals surface area contributed by atoms with Gasteiger partial charge in [-0.1, -0.05) is 39.3 Å². The molecule has 164 valence electrons. The van der Waals surface area contributed by atoms with E-state index >= 15 is 0 Å². The minimum atomic E-state index is -0.334. The van der Waals surface area contributed by atoms with Crippen LogP contribution in [0, 0.1) is 5.92 Å². The van der Waals surface area contributed by atoms with Gasteiger partial charge in [0.05, 0.1) is 21.8 Å². The van der Waals surface area contributed by atoms with Gasteiger partial charge < -0.3 is 5.32 Å². The third-order valence-electron chi connectivity index (χ3n) is 5.73.